The Morgan fingerprint density at radius 1 is 1.27 bits per heavy atom. The maximum absolute atomic E-state index is 11.8. The Morgan fingerprint density at radius 2 is 2.05 bits per heavy atom. The predicted octanol–water partition coefficient (Wildman–Crippen LogP) is 0.552. The molecule has 0 atom stereocenters. The van der Waals surface area contributed by atoms with Crippen LogP contribution < -0.4 is 16.0 Å². The quantitative estimate of drug-likeness (QED) is 0.895. The number of nitrogens with zero attached hydrogens (tertiary/aromatic N) is 4. The van der Waals surface area contributed by atoms with Crippen LogP contribution >= 0.6 is 0 Å². The molecule has 1 fully saturated rings. The zero-order valence-electron chi connectivity index (χ0n) is 12.5. The lowest BCUT2D eigenvalue weighted by atomic mass is 9.97. The van der Waals surface area contributed by atoms with Crippen molar-refractivity contribution >= 4 is 5.82 Å². The van der Waals surface area contributed by atoms with Gasteiger partial charge in [-0.3, -0.25) is 9.59 Å². The summed E-state index contributed by atoms with van der Waals surface area (Å²) in [5.74, 6) is 0.873. The lowest BCUT2D eigenvalue weighted by Crippen LogP contribution is -2.39. The predicted molar refractivity (Wildman–Crippen MR) is 83.0 cm³/mol. The highest BCUT2D eigenvalue weighted by atomic mass is 16.1. The van der Waals surface area contributed by atoms with Crippen LogP contribution in [0.15, 0.2) is 34.1 Å². The third-order valence-corrected chi connectivity index (χ3v) is 4.03. The zero-order valence-corrected chi connectivity index (χ0v) is 12.5. The Morgan fingerprint density at radius 3 is 2.77 bits per heavy atom. The van der Waals surface area contributed by atoms with Crippen molar-refractivity contribution in [2.45, 2.75) is 26.3 Å². The topological polar surface area (TPSA) is 83.9 Å². The van der Waals surface area contributed by atoms with E-state index in [4.69, 9.17) is 0 Å². The number of H-pyrrole nitrogens is 1. The van der Waals surface area contributed by atoms with E-state index in [1.807, 2.05) is 11.8 Å². The van der Waals surface area contributed by atoms with Crippen LogP contribution in [0.1, 0.15) is 18.5 Å². The highest BCUT2D eigenvalue weighted by Gasteiger charge is 2.22. The Balaban J connectivity index is 1.65. The number of hydrogen-bond donors (Lipinski definition) is 1. The first kappa shape index (κ1) is 14.5. The lowest BCUT2D eigenvalue weighted by molar-refractivity contribution is 0.333. The minimum atomic E-state index is -0.155. The molecule has 2 aromatic heterocycles. The largest absolute Gasteiger partial charge is 0.352 e. The van der Waals surface area contributed by atoms with Gasteiger partial charge < -0.3 is 9.88 Å². The Kier molecular flexibility index (Phi) is 4.04. The van der Waals surface area contributed by atoms with Gasteiger partial charge in [0.05, 0.1) is 5.69 Å². The molecule has 0 radical (unpaired) electrons. The van der Waals surface area contributed by atoms with Crippen LogP contribution in [0.25, 0.3) is 0 Å². The summed E-state index contributed by atoms with van der Waals surface area (Å²) < 4.78 is 1.54. The third-order valence-electron chi connectivity index (χ3n) is 4.03. The van der Waals surface area contributed by atoms with Crippen LogP contribution in [-0.2, 0) is 6.54 Å². The van der Waals surface area contributed by atoms with Gasteiger partial charge >= 0.3 is 0 Å². The molecule has 3 rings (SSSR count). The summed E-state index contributed by atoms with van der Waals surface area (Å²) in [4.78, 5) is 32.4. The minimum Gasteiger partial charge on any atom is -0.352 e. The van der Waals surface area contributed by atoms with Crippen LogP contribution in [0.4, 0.5) is 5.82 Å². The van der Waals surface area contributed by atoms with Gasteiger partial charge in [-0.1, -0.05) is 0 Å². The third kappa shape index (κ3) is 3.08. The first-order chi connectivity index (χ1) is 10.6. The van der Waals surface area contributed by atoms with Crippen molar-refractivity contribution in [1.29, 1.82) is 0 Å². The summed E-state index contributed by atoms with van der Waals surface area (Å²) in [5.41, 5.74) is 0.628. The van der Waals surface area contributed by atoms with E-state index in [0.717, 1.165) is 31.6 Å². The van der Waals surface area contributed by atoms with Gasteiger partial charge in [-0.15, -0.1) is 0 Å². The standard InChI is InChI=1S/C15H19N5O2/c1-11-2-3-13(21)20(18-11)10-12-4-8-19(9-5-12)14-15(22)17-7-6-16-14/h2-3,6-7,12H,4-5,8-10H2,1H3,(H,17,22). The zero-order chi connectivity index (χ0) is 15.5. The van der Waals surface area contributed by atoms with Crippen LogP contribution in [0.5, 0.6) is 0 Å². The average Bonchev–Trinajstić information content (AvgIpc) is 2.52. The molecule has 1 saturated heterocycles. The Bertz CT molecular complexity index is 759. The molecular weight excluding hydrogens is 282 g/mol. The molecular formula is C15H19N5O2. The monoisotopic (exact) mass is 301 g/mol. The van der Waals surface area contributed by atoms with Crippen LogP contribution in [0.3, 0.4) is 0 Å². The second kappa shape index (κ2) is 6.13. The second-order valence-electron chi connectivity index (χ2n) is 5.67. The summed E-state index contributed by atoms with van der Waals surface area (Å²) in [6, 6.07) is 3.29. The number of anilines is 1. The highest BCUT2D eigenvalue weighted by molar-refractivity contribution is 5.35. The molecule has 7 nitrogen and oxygen atoms in total. The molecule has 0 amide bonds. The van der Waals surface area contributed by atoms with E-state index in [9.17, 15) is 9.59 Å². The summed E-state index contributed by atoms with van der Waals surface area (Å²) >= 11 is 0. The number of aryl methyl sites for hydroxylation is 1. The molecule has 1 aliphatic heterocycles. The Labute approximate surface area is 127 Å². The van der Waals surface area contributed by atoms with Gasteiger partial charge in [0.2, 0.25) is 0 Å². The van der Waals surface area contributed by atoms with Crippen molar-refractivity contribution in [3.63, 3.8) is 0 Å². The van der Waals surface area contributed by atoms with E-state index >= 15 is 0 Å². The number of hydrogen-bond acceptors (Lipinski definition) is 5. The summed E-state index contributed by atoms with van der Waals surface area (Å²) in [7, 11) is 0. The summed E-state index contributed by atoms with van der Waals surface area (Å²) in [5, 5.41) is 4.28. The van der Waals surface area contributed by atoms with Gasteiger partial charge in [0.25, 0.3) is 11.1 Å². The molecule has 22 heavy (non-hydrogen) atoms. The molecule has 7 heteroatoms. The average molecular weight is 301 g/mol. The smallest absolute Gasteiger partial charge is 0.290 e. The molecule has 0 bridgehead atoms. The van der Waals surface area contributed by atoms with E-state index in [0.29, 0.717) is 18.3 Å². The fourth-order valence-electron chi connectivity index (χ4n) is 2.82. The maximum Gasteiger partial charge on any atom is 0.290 e. The van der Waals surface area contributed by atoms with Gasteiger partial charge in [-0.05, 0) is 31.7 Å². The highest BCUT2D eigenvalue weighted by Crippen LogP contribution is 2.20. The van der Waals surface area contributed by atoms with Crippen LogP contribution in [0, 0.1) is 12.8 Å². The van der Waals surface area contributed by atoms with Crippen LogP contribution in [0.2, 0.25) is 0 Å². The second-order valence-corrected chi connectivity index (χ2v) is 5.67. The number of piperidine rings is 1. The van der Waals surface area contributed by atoms with Gasteiger partial charge in [0.1, 0.15) is 0 Å². The van der Waals surface area contributed by atoms with Crippen LogP contribution in [-0.4, -0.2) is 32.8 Å². The fourth-order valence-corrected chi connectivity index (χ4v) is 2.82. The first-order valence-corrected chi connectivity index (χ1v) is 7.47. The number of aromatic amines is 1. The number of nitrogens with one attached hydrogen (secondary N) is 1. The molecule has 0 spiro atoms. The van der Waals surface area contributed by atoms with E-state index in [1.165, 1.54) is 6.20 Å². The maximum atomic E-state index is 11.8. The van der Waals surface area contributed by atoms with E-state index < -0.39 is 0 Å². The SMILES string of the molecule is Cc1ccc(=O)n(CC2CCN(c3ncc[nH]c3=O)CC2)n1. The van der Waals surface area contributed by atoms with Gasteiger partial charge in [0, 0.05) is 38.1 Å². The molecule has 1 N–H and O–H groups in total. The lowest BCUT2D eigenvalue weighted by Gasteiger charge is -2.32. The van der Waals surface area contributed by atoms with Crippen molar-refractivity contribution in [2.24, 2.45) is 5.92 Å². The summed E-state index contributed by atoms with van der Waals surface area (Å²) in [6.45, 7) is 4.05. The summed E-state index contributed by atoms with van der Waals surface area (Å²) in [6.07, 6.45) is 4.96. The Hall–Kier alpha value is -2.44. The number of rotatable bonds is 3. The van der Waals surface area contributed by atoms with Gasteiger partial charge in [-0.2, -0.15) is 5.10 Å². The van der Waals surface area contributed by atoms with E-state index in [1.54, 1.807) is 23.0 Å². The first-order valence-electron chi connectivity index (χ1n) is 7.47. The van der Waals surface area contributed by atoms with Crippen molar-refractivity contribution in [3.8, 4) is 0 Å². The van der Waals surface area contributed by atoms with Crippen molar-refractivity contribution in [2.75, 3.05) is 18.0 Å². The molecule has 0 unspecified atom stereocenters. The normalized spacial score (nSPS) is 16.0. The van der Waals surface area contributed by atoms with Gasteiger partial charge in [0.15, 0.2) is 5.82 Å². The molecule has 0 aliphatic carbocycles. The fraction of sp³-hybridized carbons (Fsp3) is 0.467. The molecule has 0 saturated carbocycles. The molecule has 3 heterocycles. The molecule has 0 aromatic carbocycles. The molecule has 116 valence electrons. The van der Waals surface area contributed by atoms with E-state index in [2.05, 4.69) is 15.1 Å². The minimum absolute atomic E-state index is 0.0609. The van der Waals surface area contributed by atoms with Crippen molar-refractivity contribution in [1.82, 2.24) is 19.7 Å². The van der Waals surface area contributed by atoms with Crippen molar-refractivity contribution < 1.29 is 0 Å². The number of aromatic nitrogens is 4. The van der Waals surface area contributed by atoms with E-state index in [-0.39, 0.29) is 11.1 Å². The molecule has 2 aromatic rings. The van der Waals surface area contributed by atoms with Crippen molar-refractivity contribution in [3.05, 3.63) is 50.9 Å². The van der Waals surface area contributed by atoms with Gasteiger partial charge in [-0.25, -0.2) is 9.67 Å². The molecule has 1 aliphatic rings.